The van der Waals surface area contributed by atoms with Gasteiger partial charge < -0.3 is 24.8 Å². The predicted octanol–water partition coefficient (Wildman–Crippen LogP) is 3.31. The van der Waals surface area contributed by atoms with Crippen LogP contribution in [-0.2, 0) is 22.6 Å². The zero-order chi connectivity index (χ0) is 22.6. The largest absolute Gasteiger partial charge is 0.497 e. The van der Waals surface area contributed by atoms with E-state index in [0.717, 1.165) is 54.7 Å². The lowest BCUT2D eigenvalue weighted by Gasteiger charge is -2.15. The minimum Gasteiger partial charge on any atom is -0.497 e. The molecule has 0 saturated carbocycles. The summed E-state index contributed by atoms with van der Waals surface area (Å²) < 4.78 is 15.6. The highest BCUT2D eigenvalue weighted by Crippen LogP contribution is 2.19. The van der Waals surface area contributed by atoms with Crippen molar-refractivity contribution in [2.45, 2.75) is 26.4 Å². The smallest absolute Gasteiger partial charge is 0.414 e. The molecule has 1 heterocycles. The molecule has 0 bridgehead atoms. The van der Waals surface area contributed by atoms with E-state index in [1.54, 1.807) is 12.0 Å². The summed E-state index contributed by atoms with van der Waals surface area (Å²) in [4.78, 5) is 18.1. The zero-order valence-electron chi connectivity index (χ0n) is 18.8. The van der Waals surface area contributed by atoms with Gasteiger partial charge in [0, 0.05) is 32.0 Å². The summed E-state index contributed by atoms with van der Waals surface area (Å²) >= 11 is 0. The van der Waals surface area contributed by atoms with Crippen LogP contribution in [0.2, 0.25) is 0 Å². The maximum absolute atomic E-state index is 11.7. The van der Waals surface area contributed by atoms with Gasteiger partial charge in [-0.15, -0.1) is 0 Å². The number of rotatable bonds is 11. The maximum Gasteiger partial charge on any atom is 0.414 e. The van der Waals surface area contributed by atoms with Gasteiger partial charge in [0.15, 0.2) is 5.96 Å². The van der Waals surface area contributed by atoms with Gasteiger partial charge in [0.25, 0.3) is 0 Å². The topological polar surface area (TPSA) is 84.4 Å². The van der Waals surface area contributed by atoms with Gasteiger partial charge in [-0.05, 0) is 48.7 Å². The van der Waals surface area contributed by atoms with Crippen LogP contribution in [0.3, 0.4) is 0 Å². The van der Waals surface area contributed by atoms with Crippen molar-refractivity contribution < 1.29 is 19.0 Å². The average Bonchev–Trinajstić information content (AvgIpc) is 3.26. The molecule has 1 fully saturated rings. The number of guanidine groups is 1. The van der Waals surface area contributed by atoms with Crippen molar-refractivity contribution in [2.75, 3.05) is 44.9 Å². The van der Waals surface area contributed by atoms with Gasteiger partial charge in [-0.3, -0.25) is 4.90 Å². The Balaban J connectivity index is 1.57. The van der Waals surface area contributed by atoms with Gasteiger partial charge in [0.05, 0.1) is 20.2 Å². The van der Waals surface area contributed by atoms with Gasteiger partial charge in [0.2, 0.25) is 0 Å². The molecule has 8 nitrogen and oxygen atoms in total. The van der Waals surface area contributed by atoms with Gasteiger partial charge in [-0.25, -0.2) is 9.79 Å². The minimum absolute atomic E-state index is 0.292. The summed E-state index contributed by atoms with van der Waals surface area (Å²) in [6, 6.07) is 15.8. The molecule has 2 N–H and O–H groups in total. The quantitative estimate of drug-likeness (QED) is 0.317. The lowest BCUT2D eigenvalue weighted by Crippen LogP contribution is -2.37. The van der Waals surface area contributed by atoms with E-state index < -0.39 is 0 Å². The number of anilines is 1. The molecule has 0 unspecified atom stereocenters. The number of hydrogen-bond acceptors (Lipinski definition) is 5. The van der Waals surface area contributed by atoms with Crippen LogP contribution in [0.1, 0.15) is 24.5 Å². The Morgan fingerprint density at radius 3 is 2.50 bits per heavy atom. The first-order chi connectivity index (χ1) is 15.7. The fourth-order valence-corrected chi connectivity index (χ4v) is 3.21. The Hall–Kier alpha value is -3.26. The number of nitrogens with one attached hydrogen (secondary N) is 2. The van der Waals surface area contributed by atoms with E-state index in [-0.39, 0.29) is 6.09 Å². The predicted molar refractivity (Wildman–Crippen MR) is 125 cm³/mol. The van der Waals surface area contributed by atoms with E-state index in [1.165, 1.54) is 0 Å². The molecule has 32 heavy (non-hydrogen) atoms. The van der Waals surface area contributed by atoms with E-state index in [4.69, 9.17) is 19.2 Å². The fourth-order valence-electron chi connectivity index (χ4n) is 3.21. The minimum atomic E-state index is -0.292. The Labute approximate surface area is 189 Å². The van der Waals surface area contributed by atoms with Crippen molar-refractivity contribution in [2.24, 2.45) is 4.99 Å². The Bertz CT molecular complexity index is 869. The van der Waals surface area contributed by atoms with Crippen LogP contribution in [0, 0.1) is 0 Å². The highest BCUT2D eigenvalue weighted by Gasteiger charge is 2.23. The molecular weight excluding hydrogens is 408 g/mol. The van der Waals surface area contributed by atoms with Crippen LogP contribution in [0.4, 0.5) is 10.5 Å². The summed E-state index contributed by atoms with van der Waals surface area (Å²) in [5.41, 5.74) is 3.04. The first-order valence-corrected chi connectivity index (χ1v) is 11.0. The van der Waals surface area contributed by atoms with E-state index in [2.05, 4.69) is 10.6 Å². The molecule has 0 radical (unpaired) electrons. The number of aliphatic imine (C=N–C) groups is 1. The SMILES string of the molecule is CCOCCCNC(=NCc1ccc(OC)cc1)NCc1ccc(N2CCOC2=O)cc1. The second kappa shape index (κ2) is 12.6. The average molecular weight is 441 g/mol. The van der Waals surface area contributed by atoms with Crippen LogP contribution >= 0.6 is 0 Å². The third-order valence-electron chi connectivity index (χ3n) is 5.01. The lowest BCUT2D eigenvalue weighted by molar-refractivity contribution is 0.145. The third-order valence-corrected chi connectivity index (χ3v) is 5.01. The molecular formula is C24H32N4O4. The van der Waals surface area contributed by atoms with Gasteiger partial charge >= 0.3 is 6.09 Å². The van der Waals surface area contributed by atoms with E-state index in [1.807, 2.05) is 55.5 Å². The molecule has 1 saturated heterocycles. The van der Waals surface area contributed by atoms with E-state index >= 15 is 0 Å². The standard InChI is InChI=1S/C24H32N4O4/c1-3-31-15-4-13-25-23(27-18-20-7-11-22(30-2)12-8-20)26-17-19-5-9-21(10-6-19)28-14-16-32-24(28)29/h5-12H,3-4,13-18H2,1-2H3,(H2,25,26,27). The molecule has 8 heteroatoms. The maximum atomic E-state index is 11.7. The number of amides is 1. The first-order valence-electron chi connectivity index (χ1n) is 11.0. The molecule has 3 rings (SSSR count). The van der Waals surface area contributed by atoms with Crippen LogP contribution in [0.15, 0.2) is 53.5 Å². The summed E-state index contributed by atoms with van der Waals surface area (Å²) in [6.45, 7) is 6.40. The molecule has 1 amide bonds. The van der Waals surface area contributed by atoms with Gasteiger partial charge in [-0.1, -0.05) is 24.3 Å². The van der Waals surface area contributed by atoms with Crippen molar-refractivity contribution in [3.8, 4) is 5.75 Å². The summed E-state index contributed by atoms with van der Waals surface area (Å²) in [7, 11) is 1.66. The monoisotopic (exact) mass is 440 g/mol. The number of nitrogens with zero attached hydrogens (tertiary/aromatic N) is 2. The summed E-state index contributed by atoms with van der Waals surface area (Å²) in [5, 5.41) is 6.75. The number of benzene rings is 2. The van der Waals surface area contributed by atoms with Crippen molar-refractivity contribution in [1.29, 1.82) is 0 Å². The number of cyclic esters (lactones) is 1. The van der Waals surface area contributed by atoms with Gasteiger partial charge in [0.1, 0.15) is 12.4 Å². The zero-order valence-corrected chi connectivity index (χ0v) is 18.8. The molecule has 2 aromatic rings. The number of carbonyl (C=O) groups is 1. The highest BCUT2D eigenvalue weighted by molar-refractivity contribution is 5.89. The van der Waals surface area contributed by atoms with Crippen molar-refractivity contribution in [3.05, 3.63) is 59.7 Å². The molecule has 0 aliphatic carbocycles. The van der Waals surface area contributed by atoms with Crippen molar-refractivity contribution in [3.63, 3.8) is 0 Å². The molecule has 1 aliphatic rings. The normalized spacial score (nSPS) is 13.8. The Kier molecular flexibility index (Phi) is 9.19. The van der Waals surface area contributed by atoms with Crippen LogP contribution < -0.4 is 20.3 Å². The molecule has 0 spiro atoms. The molecule has 0 aromatic heterocycles. The molecule has 1 aliphatic heterocycles. The number of hydrogen-bond donors (Lipinski definition) is 2. The summed E-state index contributed by atoms with van der Waals surface area (Å²) in [6.07, 6.45) is 0.609. The number of carbonyl (C=O) groups excluding carboxylic acids is 1. The first kappa shape index (κ1) is 23.4. The van der Waals surface area contributed by atoms with Crippen LogP contribution in [0.25, 0.3) is 0 Å². The summed E-state index contributed by atoms with van der Waals surface area (Å²) in [5.74, 6) is 1.57. The van der Waals surface area contributed by atoms with E-state index in [0.29, 0.717) is 26.2 Å². The van der Waals surface area contributed by atoms with E-state index in [9.17, 15) is 4.79 Å². The molecule has 2 aromatic carbocycles. The Morgan fingerprint density at radius 1 is 1.09 bits per heavy atom. The third kappa shape index (κ3) is 7.16. The lowest BCUT2D eigenvalue weighted by atomic mass is 10.2. The van der Waals surface area contributed by atoms with Crippen LogP contribution in [0.5, 0.6) is 5.75 Å². The van der Waals surface area contributed by atoms with Crippen LogP contribution in [-0.4, -0.2) is 52.1 Å². The second-order valence-electron chi connectivity index (χ2n) is 7.28. The van der Waals surface area contributed by atoms with Crippen molar-refractivity contribution in [1.82, 2.24) is 10.6 Å². The Morgan fingerprint density at radius 2 is 1.84 bits per heavy atom. The molecule has 172 valence electrons. The fraction of sp³-hybridized carbons (Fsp3) is 0.417. The number of ether oxygens (including phenoxy) is 3. The highest BCUT2D eigenvalue weighted by atomic mass is 16.6. The number of methoxy groups -OCH3 is 1. The van der Waals surface area contributed by atoms with Gasteiger partial charge in [-0.2, -0.15) is 0 Å². The molecule has 0 atom stereocenters. The second-order valence-corrected chi connectivity index (χ2v) is 7.28. The van der Waals surface area contributed by atoms with Crippen molar-refractivity contribution >= 4 is 17.7 Å².